The third-order valence-electron chi connectivity index (χ3n) is 2.66. The summed E-state index contributed by atoms with van der Waals surface area (Å²) in [5, 5.41) is 0.557. The number of rotatable bonds is 0. The molecule has 2 heterocycles. The number of anilines is 1. The smallest absolute Gasteiger partial charge is 0.243 e. The number of hydrogen-bond donors (Lipinski definition) is 0. The second-order valence-electron chi connectivity index (χ2n) is 3.61. The Balaban J connectivity index is 2.75. The van der Waals surface area contributed by atoms with Crippen LogP contribution >= 0.6 is 11.3 Å². The Kier molecular flexibility index (Phi) is 2.16. The van der Waals surface area contributed by atoms with Gasteiger partial charge in [-0.3, -0.25) is 9.10 Å². The van der Waals surface area contributed by atoms with E-state index in [4.69, 9.17) is 0 Å². The molecule has 0 saturated heterocycles. The fourth-order valence-electron chi connectivity index (χ4n) is 1.62. The van der Waals surface area contributed by atoms with Crippen molar-refractivity contribution in [3.63, 3.8) is 0 Å². The summed E-state index contributed by atoms with van der Waals surface area (Å²) in [6.07, 6.45) is 0. The minimum Gasteiger partial charge on any atom is -0.293 e. The third kappa shape index (κ3) is 1.39. The maximum absolute atomic E-state index is 11.7. The zero-order valence-corrected chi connectivity index (χ0v) is 10.3. The maximum Gasteiger partial charge on any atom is 0.243 e. The first-order chi connectivity index (χ1) is 6.84. The predicted molar refractivity (Wildman–Crippen MR) is 60.3 cm³/mol. The lowest BCUT2D eigenvalue weighted by Gasteiger charge is -2.23. The quantitative estimate of drug-likeness (QED) is 0.693. The molecule has 1 aliphatic rings. The van der Waals surface area contributed by atoms with Crippen LogP contribution in [-0.4, -0.2) is 27.0 Å². The van der Waals surface area contributed by atoms with E-state index in [2.05, 4.69) is 0 Å². The molecule has 2 rings (SSSR count). The lowest BCUT2D eigenvalue weighted by Crippen LogP contribution is -2.37. The van der Waals surface area contributed by atoms with Gasteiger partial charge < -0.3 is 0 Å². The van der Waals surface area contributed by atoms with Crippen LogP contribution in [0.1, 0.15) is 20.8 Å². The van der Waals surface area contributed by atoms with Crippen molar-refractivity contribution >= 4 is 32.1 Å². The number of carbonyl (C=O) groups is 1. The van der Waals surface area contributed by atoms with Crippen LogP contribution in [-0.2, 0) is 10.0 Å². The van der Waals surface area contributed by atoms with Crippen LogP contribution in [0, 0.1) is 13.8 Å². The second-order valence-corrected chi connectivity index (χ2v) is 6.81. The number of sulfonamides is 1. The summed E-state index contributed by atoms with van der Waals surface area (Å²) in [6.45, 7) is 3.75. The van der Waals surface area contributed by atoms with Gasteiger partial charge in [0.25, 0.3) is 0 Å². The van der Waals surface area contributed by atoms with Gasteiger partial charge in [-0.1, -0.05) is 0 Å². The van der Waals surface area contributed by atoms with Crippen molar-refractivity contribution < 1.29 is 13.2 Å². The Hall–Kier alpha value is -0.880. The summed E-state index contributed by atoms with van der Waals surface area (Å²) < 4.78 is 24.4. The molecule has 0 amide bonds. The monoisotopic (exact) mass is 245 g/mol. The second kappa shape index (κ2) is 3.05. The average molecular weight is 245 g/mol. The highest BCUT2D eigenvalue weighted by atomic mass is 32.2. The predicted octanol–water partition coefficient (Wildman–Crippen LogP) is 1.33. The molecule has 4 nitrogen and oxygen atoms in total. The zero-order chi connectivity index (χ0) is 11.4. The van der Waals surface area contributed by atoms with E-state index >= 15 is 0 Å². The molecular formula is C9H11NO3S2. The minimum atomic E-state index is -3.43. The zero-order valence-electron chi connectivity index (χ0n) is 8.70. The molecule has 0 saturated carbocycles. The van der Waals surface area contributed by atoms with E-state index in [9.17, 15) is 13.2 Å². The van der Waals surface area contributed by atoms with Crippen LogP contribution in [0.3, 0.4) is 0 Å². The molecule has 6 heteroatoms. The molecule has 0 aromatic carbocycles. The summed E-state index contributed by atoms with van der Waals surface area (Å²) in [6, 6.07) is 0. The number of Topliss-reactive ketones (excluding diaryl/α,β-unsaturated/α-hetero) is 1. The van der Waals surface area contributed by atoms with Crippen LogP contribution in [0.15, 0.2) is 0 Å². The first-order valence-electron chi connectivity index (χ1n) is 4.44. The van der Waals surface area contributed by atoms with Gasteiger partial charge in [0.15, 0.2) is 5.78 Å². The SMILES string of the molecule is Cc1sc2c(c1C)C(=O)CS(=O)(=O)N2C. The molecule has 82 valence electrons. The Morgan fingerprint density at radius 3 is 2.53 bits per heavy atom. The van der Waals surface area contributed by atoms with E-state index in [0.717, 1.165) is 10.4 Å². The van der Waals surface area contributed by atoms with Crippen molar-refractivity contribution in [1.82, 2.24) is 0 Å². The fourth-order valence-corrected chi connectivity index (χ4v) is 4.13. The minimum absolute atomic E-state index is 0.287. The molecule has 1 aromatic rings. The van der Waals surface area contributed by atoms with E-state index in [-0.39, 0.29) is 5.78 Å². The highest BCUT2D eigenvalue weighted by Gasteiger charge is 2.35. The van der Waals surface area contributed by atoms with Gasteiger partial charge in [0, 0.05) is 11.9 Å². The summed E-state index contributed by atoms with van der Waals surface area (Å²) in [5.41, 5.74) is 1.48. The molecule has 0 N–H and O–H groups in total. The summed E-state index contributed by atoms with van der Waals surface area (Å²) in [7, 11) is -1.94. The molecule has 1 aromatic heterocycles. The van der Waals surface area contributed by atoms with Gasteiger partial charge in [-0.2, -0.15) is 0 Å². The Morgan fingerprint density at radius 1 is 1.33 bits per heavy atom. The third-order valence-corrected chi connectivity index (χ3v) is 5.71. The summed E-state index contributed by atoms with van der Waals surface area (Å²) >= 11 is 1.36. The van der Waals surface area contributed by atoms with Crippen LogP contribution in [0.25, 0.3) is 0 Å². The lowest BCUT2D eigenvalue weighted by molar-refractivity contribution is 0.102. The van der Waals surface area contributed by atoms with Crippen LogP contribution < -0.4 is 4.31 Å². The number of ketones is 1. The number of carbonyl (C=O) groups excluding carboxylic acids is 1. The number of thiophene rings is 1. The highest BCUT2D eigenvalue weighted by Crippen LogP contribution is 2.39. The van der Waals surface area contributed by atoms with Crippen molar-refractivity contribution in [2.24, 2.45) is 0 Å². The van der Waals surface area contributed by atoms with Gasteiger partial charge in [-0.15, -0.1) is 11.3 Å². The first-order valence-corrected chi connectivity index (χ1v) is 6.87. The molecule has 1 aliphatic heterocycles. The van der Waals surface area contributed by atoms with E-state index in [1.54, 1.807) is 0 Å². The van der Waals surface area contributed by atoms with E-state index in [1.807, 2.05) is 13.8 Å². The van der Waals surface area contributed by atoms with Crippen LogP contribution in [0.2, 0.25) is 0 Å². The Labute approximate surface area is 92.6 Å². The molecule has 0 atom stereocenters. The normalized spacial score (nSPS) is 19.1. The number of hydrogen-bond acceptors (Lipinski definition) is 4. The molecule has 0 aliphatic carbocycles. The first kappa shape index (κ1) is 10.6. The average Bonchev–Trinajstić information content (AvgIpc) is 2.40. The Bertz CT molecular complexity index is 542. The molecular weight excluding hydrogens is 234 g/mol. The molecule has 0 spiro atoms. The van der Waals surface area contributed by atoms with Crippen LogP contribution in [0.4, 0.5) is 5.00 Å². The highest BCUT2D eigenvalue weighted by molar-refractivity contribution is 7.93. The topological polar surface area (TPSA) is 54.5 Å². The van der Waals surface area contributed by atoms with Crippen molar-refractivity contribution in [1.29, 1.82) is 0 Å². The fraction of sp³-hybridized carbons (Fsp3) is 0.444. The van der Waals surface area contributed by atoms with E-state index < -0.39 is 15.8 Å². The van der Waals surface area contributed by atoms with Gasteiger partial charge in [-0.05, 0) is 19.4 Å². The van der Waals surface area contributed by atoms with Gasteiger partial charge in [0.1, 0.15) is 10.8 Å². The van der Waals surface area contributed by atoms with Crippen molar-refractivity contribution in [3.05, 3.63) is 16.0 Å². The van der Waals surface area contributed by atoms with Crippen molar-refractivity contribution in [2.75, 3.05) is 17.1 Å². The number of aryl methyl sites for hydroxylation is 1. The Morgan fingerprint density at radius 2 is 1.93 bits per heavy atom. The number of fused-ring (bicyclic) bond motifs is 1. The largest absolute Gasteiger partial charge is 0.293 e. The van der Waals surface area contributed by atoms with Crippen molar-refractivity contribution in [2.45, 2.75) is 13.8 Å². The van der Waals surface area contributed by atoms with Gasteiger partial charge >= 0.3 is 0 Å². The number of nitrogens with zero attached hydrogens (tertiary/aromatic N) is 1. The summed E-state index contributed by atoms with van der Waals surface area (Å²) in [5.74, 6) is -0.696. The molecule has 15 heavy (non-hydrogen) atoms. The standard InChI is InChI=1S/C9H11NO3S2/c1-5-6(2)14-9-8(5)7(11)4-15(12,13)10(9)3/h4H2,1-3H3. The van der Waals surface area contributed by atoms with E-state index in [0.29, 0.717) is 10.6 Å². The molecule has 0 unspecified atom stereocenters. The molecule has 0 bridgehead atoms. The summed E-state index contributed by atoms with van der Waals surface area (Å²) in [4.78, 5) is 12.7. The maximum atomic E-state index is 11.7. The van der Waals surface area contributed by atoms with Gasteiger partial charge in [0.05, 0.1) is 5.56 Å². The molecule has 0 fully saturated rings. The van der Waals surface area contributed by atoms with Crippen LogP contribution in [0.5, 0.6) is 0 Å². The van der Waals surface area contributed by atoms with Gasteiger partial charge in [0.2, 0.25) is 10.0 Å². The van der Waals surface area contributed by atoms with E-state index in [1.165, 1.54) is 22.7 Å². The molecule has 0 radical (unpaired) electrons. The lowest BCUT2D eigenvalue weighted by atomic mass is 10.1. The van der Waals surface area contributed by atoms with Crippen molar-refractivity contribution in [3.8, 4) is 0 Å². The van der Waals surface area contributed by atoms with Gasteiger partial charge in [-0.25, -0.2) is 8.42 Å².